The highest BCUT2D eigenvalue weighted by molar-refractivity contribution is 6.00. The zero-order valence-electron chi connectivity index (χ0n) is 29.8. The van der Waals surface area contributed by atoms with Crippen molar-refractivity contribution in [3.63, 3.8) is 0 Å². The van der Waals surface area contributed by atoms with Gasteiger partial charge in [0.15, 0.2) is 0 Å². The van der Waals surface area contributed by atoms with Crippen molar-refractivity contribution in [3.8, 4) is 11.3 Å². The first-order chi connectivity index (χ1) is 25.5. The van der Waals surface area contributed by atoms with Crippen molar-refractivity contribution in [1.29, 1.82) is 0 Å². The first-order valence-electron chi connectivity index (χ1n) is 17.7. The van der Waals surface area contributed by atoms with Crippen molar-refractivity contribution in [2.24, 2.45) is 0 Å². The van der Waals surface area contributed by atoms with Crippen LogP contribution < -0.4 is 26.9 Å². The average Bonchev–Trinajstić information content (AvgIpc) is 3.12. The summed E-state index contributed by atoms with van der Waals surface area (Å²) < 4.78 is 50.4. The molecule has 278 valence electrons. The lowest BCUT2D eigenvalue weighted by atomic mass is 10.0. The molecular weight excluding hydrogens is 689 g/mol. The molecule has 2 aromatic heterocycles. The molecule has 6 rings (SSSR count). The van der Waals surface area contributed by atoms with E-state index in [9.17, 15) is 28.0 Å². The highest BCUT2D eigenvalue weighted by Crippen LogP contribution is 2.30. The number of esters is 1. The fraction of sp³-hybridized carbons (Fsp3) is 0.333. The van der Waals surface area contributed by atoms with E-state index in [0.29, 0.717) is 51.0 Å². The molecule has 11 nitrogen and oxygen atoms in total. The molecule has 0 atom stereocenters. The fourth-order valence-corrected chi connectivity index (χ4v) is 6.74. The Hall–Kier alpha value is -5.63. The summed E-state index contributed by atoms with van der Waals surface area (Å²) in [4.78, 5) is 61.6. The van der Waals surface area contributed by atoms with Crippen LogP contribution in [-0.2, 0) is 17.7 Å². The number of aryl methyl sites for hydroxylation is 2. The number of hydrogen-bond acceptors (Lipinski definition) is 8. The molecule has 3 N–H and O–H groups in total. The maximum absolute atomic E-state index is 15.6. The molecule has 53 heavy (non-hydrogen) atoms. The highest BCUT2D eigenvalue weighted by atomic mass is 19.1. The van der Waals surface area contributed by atoms with E-state index in [0.717, 1.165) is 36.7 Å². The molecule has 0 bridgehead atoms. The average molecular weight is 731 g/mol. The summed E-state index contributed by atoms with van der Waals surface area (Å²) in [7, 11) is 0. The predicted molar refractivity (Wildman–Crippen MR) is 199 cm³/mol. The van der Waals surface area contributed by atoms with Gasteiger partial charge in [-0.1, -0.05) is 13.0 Å². The van der Waals surface area contributed by atoms with E-state index in [4.69, 9.17) is 4.74 Å². The van der Waals surface area contributed by atoms with Crippen LogP contribution in [0.1, 0.15) is 48.2 Å². The van der Waals surface area contributed by atoms with Crippen molar-refractivity contribution < 1.29 is 22.7 Å². The standard InChI is InChI=1S/C39H41F3N6O5/c1-4-24-18-26(10-8-23(24)3)43-33-22-34(49)48(39(52)45-33)13-7-6-12-46-14-16-47(17-15-46)32-21-31-28(20-30(32)42)37(50)35(38(51)53-5-2)36(44-31)27-11-9-25(40)19-29(27)41/h8-11,18-22,43H,4-7,12-17H2,1-3H3,(H,44,50)(H,45,52). The minimum absolute atomic E-state index is 0.0539. The van der Waals surface area contributed by atoms with Gasteiger partial charge < -0.3 is 19.9 Å². The Bertz CT molecular complexity index is 2310. The third-order valence-electron chi connectivity index (χ3n) is 9.60. The molecule has 0 spiro atoms. The van der Waals surface area contributed by atoms with Gasteiger partial charge in [0.25, 0.3) is 5.56 Å². The fourth-order valence-electron chi connectivity index (χ4n) is 6.74. The maximum atomic E-state index is 15.6. The normalized spacial score (nSPS) is 13.4. The van der Waals surface area contributed by atoms with Crippen LogP contribution in [0.15, 0.2) is 69.0 Å². The van der Waals surface area contributed by atoms with Gasteiger partial charge >= 0.3 is 11.7 Å². The van der Waals surface area contributed by atoms with Crippen LogP contribution in [0, 0.1) is 24.4 Å². The zero-order valence-corrected chi connectivity index (χ0v) is 29.8. The first-order valence-corrected chi connectivity index (χ1v) is 17.7. The van der Waals surface area contributed by atoms with Gasteiger partial charge in [0.2, 0.25) is 5.43 Å². The predicted octanol–water partition coefficient (Wildman–Crippen LogP) is 5.86. The number of aromatic nitrogens is 3. The molecule has 0 aliphatic carbocycles. The summed E-state index contributed by atoms with van der Waals surface area (Å²) in [5.74, 6) is -3.16. The Morgan fingerprint density at radius 3 is 2.32 bits per heavy atom. The molecule has 3 heterocycles. The largest absolute Gasteiger partial charge is 0.462 e. The summed E-state index contributed by atoms with van der Waals surface area (Å²) in [5, 5.41) is 3.01. The smallest absolute Gasteiger partial charge is 0.344 e. The lowest BCUT2D eigenvalue weighted by molar-refractivity contribution is 0.0525. The third kappa shape index (κ3) is 8.07. The van der Waals surface area contributed by atoms with Crippen LogP contribution in [0.3, 0.4) is 0 Å². The van der Waals surface area contributed by atoms with E-state index in [1.54, 1.807) is 6.92 Å². The Morgan fingerprint density at radius 1 is 0.868 bits per heavy atom. The molecule has 1 fully saturated rings. The molecule has 0 amide bonds. The van der Waals surface area contributed by atoms with Crippen molar-refractivity contribution in [2.45, 2.75) is 46.6 Å². The SMILES string of the molecule is CCOC(=O)c1c(-c2ccc(F)cc2F)[nH]c2cc(N3CCN(CCCCn4c(=O)cc(Nc5ccc(C)c(CC)c5)[nH]c4=O)CC3)c(F)cc2c1=O. The van der Waals surface area contributed by atoms with Gasteiger partial charge in [-0.15, -0.1) is 0 Å². The van der Waals surface area contributed by atoms with Gasteiger partial charge in [-0.3, -0.25) is 24.0 Å². The Labute approximate surface area is 303 Å². The van der Waals surface area contributed by atoms with Crippen molar-refractivity contribution in [3.05, 3.63) is 120 Å². The van der Waals surface area contributed by atoms with Crippen molar-refractivity contribution >= 4 is 34.1 Å². The van der Waals surface area contributed by atoms with Crippen molar-refractivity contribution in [2.75, 3.05) is 49.5 Å². The lowest BCUT2D eigenvalue weighted by Gasteiger charge is -2.36. The molecule has 0 unspecified atom stereocenters. The van der Waals surface area contributed by atoms with Crippen molar-refractivity contribution in [1.82, 2.24) is 19.4 Å². The van der Waals surface area contributed by atoms with Crippen LogP contribution in [-0.4, -0.2) is 64.7 Å². The summed E-state index contributed by atoms with van der Waals surface area (Å²) in [5.41, 5.74) is 0.931. The number of piperazine rings is 1. The number of anilines is 3. The molecule has 1 aliphatic heterocycles. The summed E-state index contributed by atoms with van der Waals surface area (Å²) in [6.07, 6.45) is 2.20. The summed E-state index contributed by atoms with van der Waals surface area (Å²) >= 11 is 0. The number of unbranched alkanes of at least 4 members (excludes halogenated alkanes) is 1. The van der Waals surface area contributed by atoms with E-state index in [1.165, 1.54) is 27.8 Å². The summed E-state index contributed by atoms with van der Waals surface area (Å²) in [6, 6.07) is 12.6. The number of carbonyl (C=O) groups is 1. The van der Waals surface area contributed by atoms with E-state index in [1.807, 2.05) is 30.0 Å². The number of nitrogens with zero attached hydrogens (tertiary/aromatic N) is 3. The minimum atomic E-state index is -1.01. The van der Waals surface area contributed by atoms with E-state index in [2.05, 4.69) is 27.1 Å². The van der Waals surface area contributed by atoms with Gasteiger partial charge in [-0.2, -0.15) is 0 Å². The number of benzene rings is 3. The van der Waals surface area contributed by atoms with Gasteiger partial charge in [0.05, 0.1) is 23.5 Å². The molecule has 3 aromatic carbocycles. The minimum Gasteiger partial charge on any atom is -0.462 e. The number of carbonyl (C=O) groups excluding carboxylic acids is 1. The molecule has 0 radical (unpaired) electrons. The topological polar surface area (TPSA) is 133 Å². The van der Waals surface area contributed by atoms with Gasteiger partial charge in [-0.25, -0.2) is 22.8 Å². The number of rotatable bonds is 12. The Balaban J connectivity index is 1.09. The number of H-pyrrole nitrogens is 2. The van der Waals surface area contributed by atoms with Gasteiger partial charge in [0, 0.05) is 61.5 Å². The second kappa shape index (κ2) is 15.9. The molecule has 14 heteroatoms. The van der Waals surface area contributed by atoms with E-state index in [-0.39, 0.29) is 41.0 Å². The summed E-state index contributed by atoms with van der Waals surface area (Å²) in [6.45, 7) is 8.75. The van der Waals surface area contributed by atoms with Gasteiger partial charge in [-0.05, 0) is 87.2 Å². The maximum Gasteiger partial charge on any atom is 0.344 e. The molecule has 5 aromatic rings. The first kappa shape index (κ1) is 37.1. The molecule has 1 aliphatic rings. The Kier molecular flexibility index (Phi) is 11.2. The van der Waals surface area contributed by atoms with Crippen LogP contribution in [0.2, 0.25) is 0 Å². The van der Waals surface area contributed by atoms with Crippen LogP contribution in [0.25, 0.3) is 22.2 Å². The monoisotopic (exact) mass is 730 g/mol. The number of halogens is 3. The van der Waals surface area contributed by atoms with E-state index >= 15 is 4.39 Å². The van der Waals surface area contributed by atoms with Gasteiger partial charge in [0.1, 0.15) is 28.8 Å². The molecule has 0 saturated carbocycles. The Morgan fingerprint density at radius 2 is 1.62 bits per heavy atom. The number of fused-ring (bicyclic) bond motifs is 1. The zero-order chi connectivity index (χ0) is 37.8. The van der Waals surface area contributed by atoms with Crippen LogP contribution in [0.4, 0.5) is 30.4 Å². The lowest BCUT2D eigenvalue weighted by Crippen LogP contribution is -2.47. The van der Waals surface area contributed by atoms with Crippen LogP contribution in [0.5, 0.6) is 0 Å². The molecule has 1 saturated heterocycles. The van der Waals surface area contributed by atoms with E-state index < -0.39 is 45.7 Å². The second-order valence-corrected chi connectivity index (χ2v) is 13.0. The third-order valence-corrected chi connectivity index (χ3v) is 9.60. The number of aromatic amines is 2. The highest BCUT2D eigenvalue weighted by Gasteiger charge is 2.26. The quantitative estimate of drug-likeness (QED) is 0.108. The number of nitrogens with one attached hydrogen (secondary N) is 3. The van der Waals surface area contributed by atoms with Crippen LogP contribution >= 0.6 is 0 Å². The number of hydrogen-bond donors (Lipinski definition) is 3. The second-order valence-electron chi connectivity index (χ2n) is 13.0. The number of ether oxygens (including phenoxy) is 1. The molecular formula is C39H41F3N6O5. The number of pyridine rings is 1.